The first-order valence-corrected chi connectivity index (χ1v) is 5.42. The topological polar surface area (TPSA) is 42.7 Å². The van der Waals surface area contributed by atoms with Crippen molar-refractivity contribution in [2.75, 3.05) is 7.05 Å². The Hall–Kier alpha value is -1.39. The van der Waals surface area contributed by atoms with Gasteiger partial charge in [-0.1, -0.05) is 11.6 Å². The molecule has 2 heterocycles. The Balaban J connectivity index is 2.25. The highest BCUT2D eigenvalue weighted by molar-refractivity contribution is 6.30. The van der Waals surface area contributed by atoms with E-state index in [9.17, 15) is 0 Å². The van der Waals surface area contributed by atoms with Gasteiger partial charge in [0.05, 0.1) is 28.8 Å². The lowest BCUT2D eigenvalue weighted by Gasteiger charge is -2.09. The third-order valence-electron chi connectivity index (χ3n) is 2.46. The van der Waals surface area contributed by atoms with Crippen molar-refractivity contribution in [3.8, 4) is 5.69 Å². The molecule has 2 aromatic rings. The molecule has 0 aliphatic carbocycles. The van der Waals surface area contributed by atoms with Crippen LogP contribution < -0.4 is 5.32 Å². The molecule has 2 rings (SSSR count). The summed E-state index contributed by atoms with van der Waals surface area (Å²) in [5.74, 6) is 0. The van der Waals surface area contributed by atoms with Crippen LogP contribution in [0.2, 0.25) is 5.02 Å². The molecule has 0 saturated carbocycles. The van der Waals surface area contributed by atoms with Crippen molar-refractivity contribution in [1.82, 2.24) is 20.1 Å². The van der Waals surface area contributed by atoms with Gasteiger partial charge in [0, 0.05) is 12.2 Å². The molecular formula is C11H13ClN4. The van der Waals surface area contributed by atoms with Crippen molar-refractivity contribution in [3.05, 3.63) is 41.4 Å². The molecule has 0 aliphatic rings. The van der Waals surface area contributed by atoms with Crippen molar-refractivity contribution >= 4 is 11.6 Å². The fourth-order valence-corrected chi connectivity index (χ4v) is 1.52. The van der Waals surface area contributed by atoms with Gasteiger partial charge in [0.15, 0.2) is 0 Å². The molecule has 0 saturated heterocycles. The summed E-state index contributed by atoms with van der Waals surface area (Å²) >= 11 is 5.80. The van der Waals surface area contributed by atoms with Crippen molar-refractivity contribution in [2.45, 2.75) is 13.0 Å². The van der Waals surface area contributed by atoms with Crippen LogP contribution >= 0.6 is 11.6 Å². The van der Waals surface area contributed by atoms with Gasteiger partial charge in [0.1, 0.15) is 0 Å². The lowest BCUT2D eigenvalue weighted by atomic mass is 10.2. The van der Waals surface area contributed by atoms with E-state index in [0.29, 0.717) is 5.02 Å². The Kier molecular flexibility index (Phi) is 3.22. The number of hydrogen-bond acceptors (Lipinski definition) is 3. The quantitative estimate of drug-likeness (QED) is 0.889. The Morgan fingerprint density at radius 1 is 1.38 bits per heavy atom. The molecule has 0 bridgehead atoms. The number of rotatable bonds is 3. The first-order valence-electron chi connectivity index (χ1n) is 5.04. The van der Waals surface area contributed by atoms with Crippen LogP contribution in [0.15, 0.2) is 30.7 Å². The minimum Gasteiger partial charge on any atom is -0.312 e. The zero-order valence-corrected chi connectivity index (χ0v) is 9.94. The van der Waals surface area contributed by atoms with Gasteiger partial charge in [-0.25, -0.2) is 4.68 Å². The molecule has 0 spiro atoms. The average Bonchev–Trinajstić information content (AvgIpc) is 2.75. The molecule has 1 atom stereocenters. The van der Waals surface area contributed by atoms with E-state index in [4.69, 9.17) is 11.6 Å². The van der Waals surface area contributed by atoms with E-state index in [0.717, 1.165) is 11.4 Å². The summed E-state index contributed by atoms with van der Waals surface area (Å²) in [7, 11) is 1.91. The summed E-state index contributed by atoms with van der Waals surface area (Å²) in [5.41, 5.74) is 1.91. The predicted molar refractivity (Wildman–Crippen MR) is 63.8 cm³/mol. The summed E-state index contributed by atoms with van der Waals surface area (Å²) < 4.78 is 1.70. The predicted octanol–water partition coefficient (Wildman–Crippen LogP) is 2.20. The zero-order valence-electron chi connectivity index (χ0n) is 9.18. The van der Waals surface area contributed by atoms with E-state index in [1.54, 1.807) is 23.3 Å². The van der Waals surface area contributed by atoms with Crippen molar-refractivity contribution in [2.24, 2.45) is 0 Å². The average molecular weight is 237 g/mol. The van der Waals surface area contributed by atoms with Gasteiger partial charge in [0.2, 0.25) is 0 Å². The molecule has 2 aromatic heterocycles. The monoisotopic (exact) mass is 236 g/mol. The SMILES string of the molecule is CNC(C)c1ccc(-n2cc(Cl)cn2)cn1. The van der Waals surface area contributed by atoms with Crippen LogP contribution in [0.3, 0.4) is 0 Å². The summed E-state index contributed by atoms with van der Waals surface area (Å²) in [5, 5.41) is 7.87. The standard InChI is InChI=1S/C11H13ClN4/c1-8(13-2)11-4-3-10(6-14-11)16-7-9(12)5-15-16/h3-8,13H,1-2H3. The van der Waals surface area contributed by atoms with Gasteiger partial charge in [-0.2, -0.15) is 5.10 Å². The minimum absolute atomic E-state index is 0.246. The molecule has 0 radical (unpaired) electrons. The molecule has 1 N–H and O–H groups in total. The Bertz CT molecular complexity index is 463. The lowest BCUT2D eigenvalue weighted by molar-refractivity contribution is 0.632. The number of halogens is 1. The van der Waals surface area contributed by atoms with Gasteiger partial charge >= 0.3 is 0 Å². The Morgan fingerprint density at radius 3 is 2.69 bits per heavy atom. The summed E-state index contributed by atoms with van der Waals surface area (Å²) in [6.07, 6.45) is 5.14. The molecule has 0 aliphatic heterocycles. The van der Waals surface area contributed by atoms with Gasteiger partial charge < -0.3 is 5.32 Å². The van der Waals surface area contributed by atoms with Gasteiger partial charge in [-0.05, 0) is 26.1 Å². The van der Waals surface area contributed by atoms with Crippen LogP contribution in [0.4, 0.5) is 0 Å². The number of nitrogens with one attached hydrogen (secondary N) is 1. The molecule has 0 aromatic carbocycles. The van der Waals surface area contributed by atoms with Crippen LogP contribution in [0.5, 0.6) is 0 Å². The molecule has 84 valence electrons. The summed E-state index contributed by atoms with van der Waals surface area (Å²) in [6, 6.07) is 4.20. The van der Waals surface area contributed by atoms with Crippen molar-refractivity contribution in [1.29, 1.82) is 0 Å². The van der Waals surface area contributed by atoms with E-state index in [1.807, 2.05) is 19.2 Å². The number of aromatic nitrogens is 3. The van der Waals surface area contributed by atoms with E-state index >= 15 is 0 Å². The third kappa shape index (κ3) is 2.23. The summed E-state index contributed by atoms with van der Waals surface area (Å²) in [6.45, 7) is 2.06. The molecular weight excluding hydrogens is 224 g/mol. The van der Waals surface area contributed by atoms with E-state index in [2.05, 4.69) is 22.3 Å². The normalized spacial score (nSPS) is 12.7. The summed E-state index contributed by atoms with van der Waals surface area (Å²) in [4.78, 5) is 4.37. The number of hydrogen-bond donors (Lipinski definition) is 1. The maximum atomic E-state index is 5.80. The molecule has 16 heavy (non-hydrogen) atoms. The highest BCUT2D eigenvalue weighted by Crippen LogP contribution is 2.13. The molecule has 4 nitrogen and oxygen atoms in total. The second kappa shape index (κ2) is 4.63. The maximum absolute atomic E-state index is 5.80. The van der Waals surface area contributed by atoms with Crippen LogP contribution in [-0.2, 0) is 0 Å². The third-order valence-corrected chi connectivity index (χ3v) is 2.66. The number of nitrogens with zero attached hydrogens (tertiary/aromatic N) is 3. The highest BCUT2D eigenvalue weighted by atomic mass is 35.5. The van der Waals surface area contributed by atoms with Crippen LogP contribution in [0, 0.1) is 0 Å². The Labute approximate surface area is 99.3 Å². The first-order chi connectivity index (χ1) is 7.70. The van der Waals surface area contributed by atoms with Crippen LogP contribution in [0.1, 0.15) is 18.7 Å². The first kappa shape index (κ1) is 11.1. The van der Waals surface area contributed by atoms with E-state index in [-0.39, 0.29) is 6.04 Å². The zero-order chi connectivity index (χ0) is 11.5. The van der Waals surface area contributed by atoms with E-state index < -0.39 is 0 Å². The molecule has 5 heteroatoms. The molecule has 0 amide bonds. The van der Waals surface area contributed by atoms with Crippen LogP contribution in [-0.4, -0.2) is 21.8 Å². The van der Waals surface area contributed by atoms with Crippen molar-refractivity contribution < 1.29 is 0 Å². The van der Waals surface area contributed by atoms with E-state index in [1.165, 1.54) is 0 Å². The molecule has 0 fully saturated rings. The van der Waals surface area contributed by atoms with Gasteiger partial charge in [-0.15, -0.1) is 0 Å². The number of pyridine rings is 1. The second-order valence-corrected chi connectivity index (χ2v) is 3.99. The smallest absolute Gasteiger partial charge is 0.0829 e. The van der Waals surface area contributed by atoms with Gasteiger partial charge in [-0.3, -0.25) is 4.98 Å². The molecule has 1 unspecified atom stereocenters. The highest BCUT2D eigenvalue weighted by Gasteiger charge is 2.04. The largest absolute Gasteiger partial charge is 0.312 e. The minimum atomic E-state index is 0.246. The maximum Gasteiger partial charge on any atom is 0.0829 e. The second-order valence-electron chi connectivity index (χ2n) is 3.55. The lowest BCUT2D eigenvalue weighted by Crippen LogP contribution is -2.13. The fraction of sp³-hybridized carbons (Fsp3) is 0.273. The Morgan fingerprint density at radius 2 is 2.19 bits per heavy atom. The van der Waals surface area contributed by atoms with Gasteiger partial charge in [0.25, 0.3) is 0 Å². The fourth-order valence-electron chi connectivity index (χ4n) is 1.38. The van der Waals surface area contributed by atoms with Crippen LogP contribution in [0.25, 0.3) is 5.69 Å². The van der Waals surface area contributed by atoms with Crippen molar-refractivity contribution in [3.63, 3.8) is 0 Å².